The summed E-state index contributed by atoms with van der Waals surface area (Å²) in [5.41, 5.74) is -0.231. The minimum Gasteiger partial charge on any atom is -0.305 e. The van der Waals surface area contributed by atoms with Crippen LogP contribution >= 0.6 is 0 Å². The number of halogens is 4. The zero-order chi connectivity index (χ0) is 12.3. The zero-order valence-corrected chi connectivity index (χ0v) is 9.03. The first-order chi connectivity index (χ1) is 7.49. The van der Waals surface area contributed by atoms with Gasteiger partial charge in [0.25, 0.3) is 6.43 Å². The summed E-state index contributed by atoms with van der Waals surface area (Å²) in [5, 5.41) is 2.43. The molecule has 0 spiro atoms. The van der Waals surface area contributed by atoms with Gasteiger partial charge in [0.15, 0.2) is 11.6 Å². The molecule has 1 atom stereocenters. The molecule has 0 aliphatic heterocycles. The molecular weight excluding hydrogens is 222 g/mol. The Morgan fingerprint density at radius 3 is 2.31 bits per heavy atom. The number of hydrogen-bond acceptors (Lipinski definition) is 1. The van der Waals surface area contributed by atoms with Gasteiger partial charge in [-0.25, -0.2) is 17.6 Å². The first-order valence-corrected chi connectivity index (χ1v) is 4.95. The van der Waals surface area contributed by atoms with Gasteiger partial charge in [-0.05, 0) is 19.0 Å². The third kappa shape index (κ3) is 2.52. The second-order valence-corrected chi connectivity index (χ2v) is 3.47. The van der Waals surface area contributed by atoms with E-state index < -0.39 is 24.1 Å². The van der Waals surface area contributed by atoms with Crippen LogP contribution in [0.5, 0.6) is 0 Å². The third-order valence-electron chi connectivity index (χ3n) is 2.32. The van der Waals surface area contributed by atoms with Gasteiger partial charge in [0, 0.05) is 5.56 Å². The Hall–Kier alpha value is -1.10. The number of benzene rings is 1. The Morgan fingerprint density at radius 2 is 1.81 bits per heavy atom. The van der Waals surface area contributed by atoms with E-state index in [-0.39, 0.29) is 17.7 Å². The molecule has 0 aliphatic rings. The van der Waals surface area contributed by atoms with Crippen LogP contribution in [0.1, 0.15) is 24.1 Å². The summed E-state index contributed by atoms with van der Waals surface area (Å²) in [6.45, 7) is 3.26. The lowest BCUT2D eigenvalue weighted by Gasteiger charge is -2.18. The first-order valence-electron chi connectivity index (χ1n) is 4.95. The smallest absolute Gasteiger partial charge is 0.257 e. The molecule has 0 fully saturated rings. The van der Waals surface area contributed by atoms with Gasteiger partial charge < -0.3 is 5.32 Å². The average Bonchev–Trinajstić information content (AvgIpc) is 2.24. The zero-order valence-electron chi connectivity index (χ0n) is 9.03. The normalized spacial score (nSPS) is 13.2. The quantitative estimate of drug-likeness (QED) is 0.790. The van der Waals surface area contributed by atoms with E-state index in [0.29, 0.717) is 0 Å². The monoisotopic (exact) mass is 235 g/mol. The molecule has 1 rings (SSSR count). The maximum atomic E-state index is 13.4. The molecule has 0 saturated heterocycles. The predicted molar refractivity (Wildman–Crippen MR) is 53.5 cm³/mol. The maximum absolute atomic E-state index is 13.4. The first kappa shape index (κ1) is 13.0. The fourth-order valence-electron chi connectivity index (χ4n) is 1.46. The highest BCUT2D eigenvalue weighted by Crippen LogP contribution is 2.26. The van der Waals surface area contributed by atoms with E-state index >= 15 is 0 Å². The average molecular weight is 235 g/mol. The van der Waals surface area contributed by atoms with Crippen LogP contribution in [-0.2, 0) is 0 Å². The number of rotatable bonds is 4. The maximum Gasteiger partial charge on any atom is 0.257 e. The molecule has 90 valence electrons. The molecule has 0 saturated carbocycles. The lowest BCUT2D eigenvalue weighted by Crippen LogP contribution is -2.28. The van der Waals surface area contributed by atoms with Gasteiger partial charge >= 0.3 is 0 Å². The molecule has 1 aromatic rings. The molecule has 5 heteroatoms. The second-order valence-electron chi connectivity index (χ2n) is 3.47. The van der Waals surface area contributed by atoms with Crippen molar-refractivity contribution < 1.29 is 17.6 Å². The van der Waals surface area contributed by atoms with E-state index in [1.807, 2.05) is 0 Å². The highest BCUT2D eigenvalue weighted by atomic mass is 19.3. The predicted octanol–water partition coefficient (Wildman–Crippen LogP) is 3.19. The van der Waals surface area contributed by atoms with Crippen molar-refractivity contribution in [2.45, 2.75) is 26.3 Å². The number of alkyl halides is 2. The Labute approximate surface area is 91.5 Å². The van der Waals surface area contributed by atoms with Crippen LogP contribution < -0.4 is 5.32 Å². The molecule has 0 radical (unpaired) electrons. The van der Waals surface area contributed by atoms with Crippen LogP contribution in [0, 0.1) is 18.6 Å². The van der Waals surface area contributed by atoms with E-state index in [1.54, 1.807) is 6.92 Å². The summed E-state index contributed by atoms with van der Waals surface area (Å²) < 4.78 is 51.9. The Bertz CT molecular complexity index is 365. The molecule has 16 heavy (non-hydrogen) atoms. The summed E-state index contributed by atoms with van der Waals surface area (Å²) in [6.07, 6.45) is -2.78. The van der Waals surface area contributed by atoms with Crippen molar-refractivity contribution in [1.82, 2.24) is 5.32 Å². The van der Waals surface area contributed by atoms with Gasteiger partial charge in [-0.1, -0.05) is 19.1 Å². The van der Waals surface area contributed by atoms with Crippen LogP contribution in [0.25, 0.3) is 0 Å². The van der Waals surface area contributed by atoms with Crippen LogP contribution in [0.4, 0.5) is 17.6 Å². The van der Waals surface area contributed by atoms with Gasteiger partial charge in [0.05, 0.1) is 6.04 Å². The lowest BCUT2D eigenvalue weighted by molar-refractivity contribution is 0.0972. The lowest BCUT2D eigenvalue weighted by atomic mass is 10.0. The number of nitrogens with one attached hydrogen (secondary N) is 1. The Balaban J connectivity index is 3.15. The van der Waals surface area contributed by atoms with Crippen LogP contribution in [-0.4, -0.2) is 13.0 Å². The Morgan fingerprint density at radius 1 is 1.19 bits per heavy atom. The second kappa shape index (κ2) is 5.30. The molecule has 1 unspecified atom stereocenters. The largest absolute Gasteiger partial charge is 0.305 e. The fourth-order valence-corrected chi connectivity index (χ4v) is 1.46. The molecule has 1 aromatic carbocycles. The third-order valence-corrected chi connectivity index (χ3v) is 2.32. The van der Waals surface area contributed by atoms with Crippen molar-refractivity contribution in [3.05, 3.63) is 34.9 Å². The number of hydrogen-bond donors (Lipinski definition) is 1. The molecule has 0 heterocycles. The Kier molecular flexibility index (Phi) is 4.29. The molecule has 0 aromatic heterocycles. The molecule has 0 aliphatic carbocycles. The van der Waals surface area contributed by atoms with Crippen molar-refractivity contribution in [2.24, 2.45) is 0 Å². The summed E-state index contributed by atoms with van der Waals surface area (Å²) in [6, 6.07) is 1.01. The van der Waals surface area contributed by atoms with E-state index in [1.165, 1.54) is 19.1 Å². The molecular formula is C11H13F4N. The van der Waals surface area contributed by atoms with Gasteiger partial charge in [-0.15, -0.1) is 0 Å². The van der Waals surface area contributed by atoms with Crippen molar-refractivity contribution in [3.63, 3.8) is 0 Å². The van der Waals surface area contributed by atoms with E-state index in [9.17, 15) is 17.6 Å². The molecule has 0 amide bonds. The summed E-state index contributed by atoms with van der Waals surface area (Å²) in [5.74, 6) is -2.27. The number of aryl methyl sites for hydroxylation is 1. The topological polar surface area (TPSA) is 12.0 Å². The molecule has 1 N–H and O–H groups in total. The minimum atomic E-state index is -2.78. The van der Waals surface area contributed by atoms with Crippen molar-refractivity contribution >= 4 is 0 Å². The summed E-state index contributed by atoms with van der Waals surface area (Å²) >= 11 is 0. The molecule has 1 nitrogen and oxygen atoms in total. The molecule has 0 bridgehead atoms. The van der Waals surface area contributed by atoms with Gasteiger partial charge in [0.2, 0.25) is 0 Å². The van der Waals surface area contributed by atoms with Crippen molar-refractivity contribution in [3.8, 4) is 0 Å². The summed E-state index contributed by atoms with van der Waals surface area (Å²) in [7, 11) is 0. The highest BCUT2D eigenvalue weighted by Gasteiger charge is 2.26. The van der Waals surface area contributed by atoms with Crippen LogP contribution in [0.2, 0.25) is 0 Å². The van der Waals surface area contributed by atoms with Gasteiger partial charge in [0.1, 0.15) is 0 Å². The SMILES string of the molecule is CCNC(c1ccc(C)c(F)c1F)C(F)F. The van der Waals surface area contributed by atoms with Crippen molar-refractivity contribution in [1.29, 1.82) is 0 Å². The highest BCUT2D eigenvalue weighted by molar-refractivity contribution is 5.28. The van der Waals surface area contributed by atoms with Crippen LogP contribution in [0.15, 0.2) is 12.1 Å². The van der Waals surface area contributed by atoms with E-state index in [2.05, 4.69) is 5.32 Å². The van der Waals surface area contributed by atoms with Gasteiger partial charge in [-0.3, -0.25) is 0 Å². The summed E-state index contributed by atoms with van der Waals surface area (Å²) in [4.78, 5) is 0. The minimum absolute atomic E-state index is 0.103. The van der Waals surface area contributed by atoms with E-state index in [0.717, 1.165) is 0 Å². The van der Waals surface area contributed by atoms with Crippen LogP contribution in [0.3, 0.4) is 0 Å². The van der Waals surface area contributed by atoms with E-state index in [4.69, 9.17) is 0 Å². The van der Waals surface area contributed by atoms with Crippen molar-refractivity contribution in [2.75, 3.05) is 6.54 Å². The standard InChI is InChI=1S/C11H13F4N/c1-3-16-10(11(14)15)7-5-4-6(2)8(12)9(7)13/h4-5,10-11,16H,3H2,1-2H3. The fraction of sp³-hybridized carbons (Fsp3) is 0.455. The van der Waals surface area contributed by atoms with Gasteiger partial charge in [-0.2, -0.15) is 0 Å².